The summed E-state index contributed by atoms with van der Waals surface area (Å²) in [7, 11) is 0. The molecule has 0 saturated carbocycles. The van der Waals surface area contributed by atoms with Gasteiger partial charge in [-0.1, -0.05) is 41.9 Å². The second kappa shape index (κ2) is 11.0. The molecule has 2 amide bonds. The van der Waals surface area contributed by atoms with Gasteiger partial charge in [0.15, 0.2) is 6.61 Å². The van der Waals surface area contributed by atoms with Crippen molar-refractivity contribution < 1.29 is 18.7 Å². The maximum atomic E-state index is 13.0. The van der Waals surface area contributed by atoms with Crippen LogP contribution in [0.1, 0.15) is 26.3 Å². The monoisotopic (exact) mass is 464 g/mol. The highest BCUT2D eigenvalue weighted by Crippen LogP contribution is 2.16. The number of carbonyl (C=O) groups excluding carboxylic acids is 2. The molecule has 0 aromatic heterocycles. The molecule has 5 nitrogen and oxygen atoms in total. The molecule has 29 heavy (non-hydrogen) atoms. The largest absolute Gasteiger partial charge is 0.484 e. The molecule has 1 atom stereocenters. The van der Waals surface area contributed by atoms with Crippen molar-refractivity contribution in [1.29, 1.82) is 0 Å². The fraction of sp³-hybridized carbons (Fsp3) is 0.364. The van der Waals surface area contributed by atoms with Crippen LogP contribution in [0.2, 0.25) is 0 Å². The molecular weight excluding hydrogens is 439 g/mol. The Kier molecular flexibility index (Phi) is 8.64. The van der Waals surface area contributed by atoms with Crippen LogP contribution in [-0.2, 0) is 16.1 Å². The van der Waals surface area contributed by atoms with Crippen molar-refractivity contribution in [2.75, 3.05) is 13.2 Å². The van der Waals surface area contributed by atoms with Crippen LogP contribution in [0.5, 0.6) is 5.75 Å². The van der Waals surface area contributed by atoms with Crippen molar-refractivity contribution in [2.45, 2.75) is 33.4 Å². The fourth-order valence-corrected chi connectivity index (χ4v) is 2.84. The van der Waals surface area contributed by atoms with Crippen molar-refractivity contribution in [3.8, 4) is 5.75 Å². The molecule has 2 rings (SSSR count). The molecular formula is C22H26BrFN2O3. The Morgan fingerprint density at radius 2 is 1.69 bits per heavy atom. The minimum atomic E-state index is -0.665. The fourth-order valence-electron chi connectivity index (χ4n) is 2.58. The highest BCUT2D eigenvalue weighted by Gasteiger charge is 2.26. The van der Waals surface area contributed by atoms with Crippen LogP contribution in [0.15, 0.2) is 53.0 Å². The minimum absolute atomic E-state index is 0.217. The van der Waals surface area contributed by atoms with Gasteiger partial charge in [0.05, 0.1) is 0 Å². The third-order valence-electron chi connectivity index (χ3n) is 4.29. The van der Waals surface area contributed by atoms with Gasteiger partial charge in [0.25, 0.3) is 5.91 Å². The van der Waals surface area contributed by atoms with Crippen LogP contribution in [0.4, 0.5) is 4.39 Å². The lowest BCUT2D eigenvalue weighted by Gasteiger charge is -2.29. The van der Waals surface area contributed by atoms with Crippen LogP contribution in [0, 0.1) is 11.7 Å². The van der Waals surface area contributed by atoms with E-state index in [4.69, 9.17) is 4.74 Å². The molecule has 0 aliphatic carbocycles. The first kappa shape index (κ1) is 22.9. The lowest BCUT2D eigenvalue weighted by atomic mass is 10.1. The van der Waals surface area contributed by atoms with Gasteiger partial charge in [-0.2, -0.15) is 0 Å². The van der Waals surface area contributed by atoms with Crippen molar-refractivity contribution in [3.05, 3.63) is 64.4 Å². The Hall–Kier alpha value is -2.41. The van der Waals surface area contributed by atoms with Gasteiger partial charge in [-0.3, -0.25) is 9.59 Å². The summed E-state index contributed by atoms with van der Waals surface area (Å²) in [6, 6.07) is 12.3. The van der Waals surface area contributed by atoms with Gasteiger partial charge in [0.1, 0.15) is 17.6 Å². The average molecular weight is 465 g/mol. The van der Waals surface area contributed by atoms with E-state index in [9.17, 15) is 14.0 Å². The standard InChI is InChI=1S/C22H26BrFN2O3/c1-15(2)12-25-22(28)16(3)26(13-17-4-6-18(23)7-5-17)21(27)14-29-20-10-8-19(24)9-11-20/h4-11,15-16H,12-14H2,1-3H3,(H,25,28)/t16-/m0/s1. The van der Waals surface area contributed by atoms with Crippen LogP contribution in [-0.4, -0.2) is 35.9 Å². The van der Waals surface area contributed by atoms with Gasteiger partial charge in [-0.15, -0.1) is 0 Å². The maximum absolute atomic E-state index is 13.0. The van der Waals surface area contributed by atoms with E-state index >= 15 is 0 Å². The number of nitrogens with zero attached hydrogens (tertiary/aromatic N) is 1. The first-order chi connectivity index (χ1) is 13.8. The van der Waals surface area contributed by atoms with E-state index in [1.807, 2.05) is 38.1 Å². The zero-order chi connectivity index (χ0) is 21.4. The number of hydrogen-bond donors (Lipinski definition) is 1. The highest BCUT2D eigenvalue weighted by molar-refractivity contribution is 9.10. The summed E-state index contributed by atoms with van der Waals surface area (Å²) in [6.45, 7) is 6.28. The van der Waals surface area contributed by atoms with Crippen LogP contribution in [0.3, 0.4) is 0 Å². The van der Waals surface area contributed by atoms with Crippen LogP contribution in [0.25, 0.3) is 0 Å². The van der Waals surface area contributed by atoms with Crippen LogP contribution >= 0.6 is 15.9 Å². The van der Waals surface area contributed by atoms with E-state index in [1.54, 1.807) is 6.92 Å². The van der Waals surface area contributed by atoms with E-state index in [0.717, 1.165) is 10.0 Å². The summed E-state index contributed by atoms with van der Waals surface area (Å²) in [4.78, 5) is 26.9. The Morgan fingerprint density at radius 3 is 2.28 bits per heavy atom. The molecule has 0 heterocycles. The zero-order valence-corrected chi connectivity index (χ0v) is 18.4. The Labute approximate surface area is 179 Å². The van der Waals surface area contributed by atoms with Gasteiger partial charge in [-0.25, -0.2) is 4.39 Å². The zero-order valence-electron chi connectivity index (χ0n) is 16.8. The van der Waals surface area contributed by atoms with Crippen molar-refractivity contribution in [3.63, 3.8) is 0 Å². The molecule has 156 valence electrons. The molecule has 2 aromatic carbocycles. The van der Waals surface area contributed by atoms with Crippen LogP contribution < -0.4 is 10.1 Å². The van der Waals surface area contributed by atoms with E-state index < -0.39 is 6.04 Å². The summed E-state index contributed by atoms with van der Waals surface area (Å²) in [6.07, 6.45) is 0. The van der Waals surface area contributed by atoms with E-state index in [2.05, 4.69) is 21.2 Å². The number of carbonyl (C=O) groups is 2. The Morgan fingerprint density at radius 1 is 1.07 bits per heavy atom. The van der Waals surface area contributed by atoms with Crippen molar-refractivity contribution in [1.82, 2.24) is 10.2 Å². The third kappa shape index (κ3) is 7.49. The lowest BCUT2D eigenvalue weighted by molar-refractivity contribution is -0.142. The molecule has 0 radical (unpaired) electrons. The summed E-state index contributed by atoms with van der Waals surface area (Å²) in [5.74, 6) is -0.227. The van der Waals surface area contributed by atoms with E-state index in [-0.39, 0.29) is 30.8 Å². The number of halogens is 2. The highest BCUT2D eigenvalue weighted by atomic mass is 79.9. The molecule has 0 aliphatic heterocycles. The summed E-state index contributed by atoms with van der Waals surface area (Å²) in [5.41, 5.74) is 0.895. The number of hydrogen-bond acceptors (Lipinski definition) is 3. The molecule has 7 heteroatoms. The van der Waals surface area contributed by atoms with E-state index in [1.165, 1.54) is 29.2 Å². The smallest absolute Gasteiger partial charge is 0.261 e. The molecule has 0 fully saturated rings. The predicted octanol–water partition coefficient (Wildman–Crippen LogP) is 4.16. The summed E-state index contributed by atoms with van der Waals surface area (Å²) in [5, 5.41) is 2.87. The maximum Gasteiger partial charge on any atom is 0.261 e. The SMILES string of the molecule is CC(C)CNC(=O)[C@H](C)N(Cc1ccc(Br)cc1)C(=O)COc1ccc(F)cc1. The van der Waals surface area contributed by atoms with Gasteiger partial charge in [0.2, 0.25) is 5.91 Å². The van der Waals surface area contributed by atoms with Gasteiger partial charge in [-0.05, 0) is 54.8 Å². The molecule has 1 N–H and O–H groups in total. The van der Waals surface area contributed by atoms with E-state index in [0.29, 0.717) is 18.2 Å². The average Bonchev–Trinajstić information content (AvgIpc) is 2.70. The Balaban J connectivity index is 2.10. The normalized spacial score (nSPS) is 11.8. The van der Waals surface area contributed by atoms with Gasteiger partial charge < -0.3 is 15.0 Å². The van der Waals surface area contributed by atoms with Gasteiger partial charge >= 0.3 is 0 Å². The Bertz CT molecular complexity index is 810. The minimum Gasteiger partial charge on any atom is -0.484 e. The summed E-state index contributed by atoms with van der Waals surface area (Å²) >= 11 is 3.39. The quantitative estimate of drug-likeness (QED) is 0.605. The molecule has 2 aromatic rings. The molecule has 0 bridgehead atoms. The number of amides is 2. The molecule has 0 unspecified atom stereocenters. The second-order valence-electron chi connectivity index (χ2n) is 7.21. The third-order valence-corrected chi connectivity index (χ3v) is 4.82. The lowest BCUT2D eigenvalue weighted by Crippen LogP contribution is -2.49. The first-order valence-corrected chi connectivity index (χ1v) is 10.3. The van der Waals surface area contributed by atoms with Crippen molar-refractivity contribution >= 4 is 27.7 Å². The summed E-state index contributed by atoms with van der Waals surface area (Å²) < 4.78 is 19.5. The molecule has 0 aliphatic rings. The number of nitrogens with one attached hydrogen (secondary N) is 1. The van der Waals surface area contributed by atoms with Crippen molar-refractivity contribution in [2.24, 2.45) is 5.92 Å². The molecule has 0 spiro atoms. The second-order valence-corrected chi connectivity index (χ2v) is 8.12. The number of benzene rings is 2. The molecule has 0 saturated heterocycles. The number of ether oxygens (including phenoxy) is 1. The first-order valence-electron chi connectivity index (χ1n) is 9.46. The topological polar surface area (TPSA) is 58.6 Å². The number of rotatable bonds is 9. The predicted molar refractivity (Wildman–Crippen MR) is 114 cm³/mol. The van der Waals surface area contributed by atoms with Gasteiger partial charge in [0, 0.05) is 17.6 Å².